The second kappa shape index (κ2) is 6.14. The number of aliphatic hydroxyl groups excluding tert-OH is 2. The molecule has 0 aromatic heterocycles. The van der Waals surface area contributed by atoms with Crippen LogP contribution in [-0.4, -0.2) is 52.9 Å². The fourth-order valence-corrected chi connectivity index (χ4v) is 2.14. The Bertz CT molecular complexity index is 423. The third-order valence-electron chi connectivity index (χ3n) is 3.31. The molecule has 0 aliphatic carbocycles. The molecule has 0 bridgehead atoms. The molecule has 2 rings (SSSR count). The first kappa shape index (κ1) is 14.0. The van der Waals surface area contributed by atoms with Crippen LogP contribution in [0, 0.1) is 6.92 Å². The molecule has 2 atom stereocenters. The van der Waals surface area contributed by atoms with Crippen molar-refractivity contribution in [2.75, 3.05) is 19.6 Å². The minimum absolute atomic E-state index is 0.0955. The normalized spacial score (nSPS) is 23.5. The molecule has 0 radical (unpaired) electrons. The van der Waals surface area contributed by atoms with E-state index in [4.69, 9.17) is 0 Å². The Morgan fingerprint density at radius 3 is 2.42 bits per heavy atom. The molecule has 1 aliphatic rings. The third-order valence-corrected chi connectivity index (χ3v) is 3.31. The van der Waals surface area contributed by atoms with Crippen LogP contribution in [0.1, 0.15) is 11.1 Å². The Balaban J connectivity index is 1.74. The summed E-state index contributed by atoms with van der Waals surface area (Å²) in [6.45, 7) is 3.42. The van der Waals surface area contributed by atoms with E-state index in [1.807, 2.05) is 31.2 Å². The van der Waals surface area contributed by atoms with Crippen molar-refractivity contribution in [3.05, 3.63) is 35.4 Å². The Morgan fingerprint density at radius 2 is 1.84 bits per heavy atom. The number of hydrogen-bond acceptors (Lipinski definition) is 4. The summed E-state index contributed by atoms with van der Waals surface area (Å²) in [7, 11) is 0. The second-order valence-electron chi connectivity index (χ2n) is 5.09. The number of amides is 1. The van der Waals surface area contributed by atoms with Crippen LogP contribution in [0.15, 0.2) is 24.3 Å². The van der Waals surface area contributed by atoms with E-state index >= 15 is 0 Å². The van der Waals surface area contributed by atoms with Crippen molar-refractivity contribution < 1.29 is 15.0 Å². The number of carbonyl (C=O) groups is 1. The first-order valence-electron chi connectivity index (χ1n) is 6.45. The highest BCUT2D eigenvalue weighted by molar-refractivity contribution is 5.78. The summed E-state index contributed by atoms with van der Waals surface area (Å²) in [5, 5.41) is 21.6. The zero-order chi connectivity index (χ0) is 13.8. The molecule has 0 spiro atoms. The van der Waals surface area contributed by atoms with E-state index in [9.17, 15) is 15.0 Å². The van der Waals surface area contributed by atoms with E-state index in [1.165, 1.54) is 5.56 Å². The van der Waals surface area contributed by atoms with Gasteiger partial charge in [0.25, 0.3) is 0 Å². The fraction of sp³-hybridized carbons (Fsp3) is 0.500. The summed E-state index contributed by atoms with van der Waals surface area (Å²) in [6.07, 6.45) is -1.49. The van der Waals surface area contributed by atoms with Crippen LogP contribution in [0.4, 0.5) is 0 Å². The van der Waals surface area contributed by atoms with Gasteiger partial charge in [-0.2, -0.15) is 0 Å². The molecule has 104 valence electrons. The van der Waals surface area contributed by atoms with Crippen molar-refractivity contribution >= 4 is 5.91 Å². The van der Waals surface area contributed by atoms with Gasteiger partial charge in [0.05, 0.1) is 18.8 Å². The summed E-state index contributed by atoms with van der Waals surface area (Å²) in [6, 6.07) is 7.99. The minimum Gasteiger partial charge on any atom is -0.389 e. The van der Waals surface area contributed by atoms with Crippen LogP contribution in [-0.2, 0) is 11.3 Å². The van der Waals surface area contributed by atoms with Crippen molar-refractivity contribution in [1.29, 1.82) is 0 Å². The van der Waals surface area contributed by atoms with Crippen LogP contribution in [0.5, 0.6) is 0 Å². The molecule has 0 saturated carbocycles. The molecular weight excluding hydrogens is 244 g/mol. The van der Waals surface area contributed by atoms with Gasteiger partial charge in [-0.05, 0) is 12.5 Å². The summed E-state index contributed by atoms with van der Waals surface area (Å²) in [5.74, 6) is -0.0955. The van der Waals surface area contributed by atoms with Crippen molar-refractivity contribution in [1.82, 2.24) is 10.2 Å². The number of likely N-dealkylation sites (tertiary alicyclic amines) is 1. The maximum Gasteiger partial charge on any atom is 0.234 e. The quantitative estimate of drug-likeness (QED) is 0.695. The lowest BCUT2D eigenvalue weighted by Gasteiger charge is -2.14. The summed E-state index contributed by atoms with van der Waals surface area (Å²) >= 11 is 0. The highest BCUT2D eigenvalue weighted by Crippen LogP contribution is 2.09. The van der Waals surface area contributed by atoms with Gasteiger partial charge in [-0.1, -0.05) is 29.8 Å². The van der Waals surface area contributed by atoms with Gasteiger partial charge in [0.1, 0.15) is 0 Å². The summed E-state index contributed by atoms with van der Waals surface area (Å²) in [5.41, 5.74) is 2.25. The first-order chi connectivity index (χ1) is 9.04. The van der Waals surface area contributed by atoms with Crippen LogP contribution in [0.2, 0.25) is 0 Å². The van der Waals surface area contributed by atoms with E-state index in [-0.39, 0.29) is 12.5 Å². The summed E-state index contributed by atoms with van der Waals surface area (Å²) in [4.78, 5) is 13.5. The molecule has 1 aliphatic heterocycles. The average Bonchev–Trinajstić information content (AvgIpc) is 2.67. The molecule has 1 aromatic rings. The van der Waals surface area contributed by atoms with Gasteiger partial charge in [0.2, 0.25) is 5.91 Å². The number of aliphatic hydroxyl groups is 2. The maximum atomic E-state index is 11.7. The number of hydrogen-bond donors (Lipinski definition) is 3. The molecule has 1 heterocycles. The van der Waals surface area contributed by atoms with Gasteiger partial charge in [0, 0.05) is 19.6 Å². The third kappa shape index (κ3) is 4.02. The van der Waals surface area contributed by atoms with Crippen molar-refractivity contribution in [2.45, 2.75) is 25.7 Å². The van der Waals surface area contributed by atoms with E-state index in [0.29, 0.717) is 19.6 Å². The van der Waals surface area contributed by atoms with Gasteiger partial charge in [0.15, 0.2) is 0 Å². The van der Waals surface area contributed by atoms with E-state index in [0.717, 1.165) is 5.56 Å². The molecule has 5 nitrogen and oxygen atoms in total. The highest BCUT2D eigenvalue weighted by Gasteiger charge is 2.30. The average molecular weight is 264 g/mol. The van der Waals surface area contributed by atoms with Gasteiger partial charge in [-0.25, -0.2) is 0 Å². The highest BCUT2D eigenvalue weighted by atomic mass is 16.3. The Labute approximate surface area is 112 Å². The molecule has 5 heteroatoms. The molecular formula is C14H20N2O3. The number of benzene rings is 1. The lowest BCUT2D eigenvalue weighted by Crippen LogP contribution is -2.36. The molecule has 1 saturated heterocycles. The number of aryl methyl sites for hydroxylation is 1. The van der Waals surface area contributed by atoms with Gasteiger partial charge in [-0.15, -0.1) is 0 Å². The van der Waals surface area contributed by atoms with E-state index < -0.39 is 12.2 Å². The molecule has 0 unspecified atom stereocenters. The smallest absolute Gasteiger partial charge is 0.234 e. The number of β-amino-alcohol motifs (C(OH)–C–C–N with tert-alkyl or cyclic N) is 2. The van der Waals surface area contributed by atoms with E-state index in [2.05, 4.69) is 5.32 Å². The predicted molar refractivity (Wildman–Crippen MR) is 71.5 cm³/mol. The molecule has 1 amide bonds. The SMILES string of the molecule is Cc1ccc(CNC(=O)CN2C[C@@H](O)[C@@H](O)C2)cc1. The van der Waals surface area contributed by atoms with Crippen molar-refractivity contribution in [2.24, 2.45) is 0 Å². The second-order valence-corrected chi connectivity index (χ2v) is 5.09. The number of carbonyl (C=O) groups excluding carboxylic acids is 1. The molecule has 1 aromatic carbocycles. The molecule has 1 fully saturated rings. The monoisotopic (exact) mass is 264 g/mol. The Hall–Kier alpha value is -1.43. The lowest BCUT2D eigenvalue weighted by molar-refractivity contribution is -0.122. The zero-order valence-electron chi connectivity index (χ0n) is 11.0. The van der Waals surface area contributed by atoms with Crippen LogP contribution < -0.4 is 5.32 Å². The van der Waals surface area contributed by atoms with Crippen LogP contribution in [0.25, 0.3) is 0 Å². The minimum atomic E-state index is -0.745. The number of nitrogens with one attached hydrogen (secondary N) is 1. The zero-order valence-corrected chi connectivity index (χ0v) is 11.0. The Morgan fingerprint density at radius 1 is 1.26 bits per heavy atom. The van der Waals surface area contributed by atoms with Crippen LogP contribution in [0.3, 0.4) is 0 Å². The Kier molecular flexibility index (Phi) is 4.52. The lowest BCUT2D eigenvalue weighted by atomic mass is 10.1. The number of rotatable bonds is 4. The molecule has 19 heavy (non-hydrogen) atoms. The van der Waals surface area contributed by atoms with Crippen LogP contribution >= 0.6 is 0 Å². The first-order valence-corrected chi connectivity index (χ1v) is 6.45. The van der Waals surface area contributed by atoms with Gasteiger partial charge >= 0.3 is 0 Å². The molecule has 3 N–H and O–H groups in total. The van der Waals surface area contributed by atoms with Gasteiger partial charge in [-0.3, -0.25) is 9.69 Å². The largest absolute Gasteiger partial charge is 0.389 e. The topological polar surface area (TPSA) is 72.8 Å². The predicted octanol–water partition coefficient (Wildman–Crippen LogP) is -0.351. The van der Waals surface area contributed by atoms with Gasteiger partial charge < -0.3 is 15.5 Å². The maximum absolute atomic E-state index is 11.7. The van der Waals surface area contributed by atoms with E-state index in [1.54, 1.807) is 4.90 Å². The fourth-order valence-electron chi connectivity index (χ4n) is 2.14. The summed E-state index contributed by atoms with van der Waals surface area (Å²) < 4.78 is 0. The van der Waals surface area contributed by atoms with Crippen molar-refractivity contribution in [3.8, 4) is 0 Å². The van der Waals surface area contributed by atoms with Crippen molar-refractivity contribution in [3.63, 3.8) is 0 Å². The standard InChI is InChI=1S/C14H20N2O3/c1-10-2-4-11(5-3-10)6-15-14(19)9-16-7-12(17)13(18)8-16/h2-5,12-13,17-18H,6-9H2,1H3,(H,15,19)/t12-,13+. The number of nitrogens with zero attached hydrogens (tertiary/aromatic N) is 1.